The zero-order valence-electron chi connectivity index (χ0n) is 20.3. The van der Waals surface area contributed by atoms with Crippen LogP contribution in [-0.4, -0.2) is 55.7 Å². The normalized spacial score (nSPS) is 19.2. The molecule has 170 valence electrons. The van der Waals surface area contributed by atoms with Gasteiger partial charge in [0.1, 0.15) is 17.9 Å². The number of alkyl halides is 2. The summed E-state index contributed by atoms with van der Waals surface area (Å²) in [4.78, 5) is 21.0. The predicted molar refractivity (Wildman–Crippen MR) is 116 cm³/mol. The van der Waals surface area contributed by atoms with Gasteiger partial charge in [-0.1, -0.05) is 6.92 Å². The van der Waals surface area contributed by atoms with Gasteiger partial charge in [-0.05, 0) is 30.5 Å². The topological polar surface area (TPSA) is 119 Å². The highest BCUT2D eigenvalue weighted by Crippen LogP contribution is 2.38. The third-order valence-corrected chi connectivity index (χ3v) is 5.37. The summed E-state index contributed by atoms with van der Waals surface area (Å²) in [6.07, 6.45) is 0.972. The molecule has 1 saturated carbocycles. The highest BCUT2D eigenvalue weighted by atomic mass is 19.3. The number of hydrogen-bond acceptors (Lipinski definition) is 8. The molecule has 0 radical (unpaired) electrons. The molecular weight excluding hydrogens is 434 g/mol. The second kappa shape index (κ2) is 8.19. The molecule has 1 amide bonds. The van der Waals surface area contributed by atoms with Gasteiger partial charge in [-0.25, -0.2) is 23.3 Å². The van der Waals surface area contributed by atoms with Crippen LogP contribution in [0.25, 0.3) is 27.9 Å². The quantitative estimate of drug-likeness (QED) is 0.435. The van der Waals surface area contributed by atoms with Gasteiger partial charge in [-0.3, -0.25) is 4.79 Å². The largest absolute Gasteiger partial charge is 0.486 e. The summed E-state index contributed by atoms with van der Waals surface area (Å²) in [6.45, 7) is -1.31. The molecule has 12 heteroatoms. The van der Waals surface area contributed by atoms with Crippen molar-refractivity contribution in [1.29, 1.82) is 0 Å². The Morgan fingerprint density at radius 1 is 1.39 bits per heavy atom. The first-order valence-corrected chi connectivity index (χ1v) is 10.1. The van der Waals surface area contributed by atoms with Crippen LogP contribution in [0.3, 0.4) is 0 Å². The lowest BCUT2D eigenvalue weighted by Gasteiger charge is -2.09. The van der Waals surface area contributed by atoms with Crippen LogP contribution >= 0.6 is 0 Å². The summed E-state index contributed by atoms with van der Waals surface area (Å²) < 4.78 is 53.9. The van der Waals surface area contributed by atoms with Crippen molar-refractivity contribution in [2.75, 3.05) is 24.2 Å². The fourth-order valence-electron chi connectivity index (χ4n) is 3.49. The molecule has 1 aliphatic carbocycles. The Kier molecular flexibility index (Phi) is 4.36. The van der Waals surface area contributed by atoms with Gasteiger partial charge < -0.3 is 15.4 Å². The van der Waals surface area contributed by atoms with Crippen molar-refractivity contribution in [2.45, 2.75) is 19.8 Å². The maximum atomic E-state index is 12.5. The summed E-state index contributed by atoms with van der Waals surface area (Å²) in [7, 11) is 0. The van der Waals surface area contributed by atoms with Crippen LogP contribution in [0, 0.1) is 11.8 Å². The van der Waals surface area contributed by atoms with Gasteiger partial charge in [0.25, 0.3) is 6.43 Å². The van der Waals surface area contributed by atoms with Gasteiger partial charge >= 0.3 is 0 Å². The van der Waals surface area contributed by atoms with Crippen molar-refractivity contribution in [1.82, 2.24) is 29.8 Å². The summed E-state index contributed by atoms with van der Waals surface area (Å²) in [5.74, 6) is 0.588. The van der Waals surface area contributed by atoms with Crippen LogP contribution < -0.4 is 15.4 Å². The number of carbonyl (C=O) groups excluding carboxylic acids is 1. The molecule has 33 heavy (non-hydrogen) atoms. The molecule has 10 nitrogen and oxygen atoms in total. The monoisotopic (exact) mass is 457 g/mol. The number of aromatic nitrogens is 6. The second-order valence-corrected chi connectivity index (χ2v) is 7.75. The van der Waals surface area contributed by atoms with Gasteiger partial charge in [-0.2, -0.15) is 0 Å². The summed E-state index contributed by atoms with van der Waals surface area (Å²) in [5.41, 5.74) is 0.941. The van der Waals surface area contributed by atoms with Crippen molar-refractivity contribution in [3.05, 3.63) is 30.6 Å². The molecule has 4 aromatic rings. The molecule has 2 N–H and O–H groups in total. The summed E-state index contributed by atoms with van der Waals surface area (Å²) in [6, 6.07) is 4.60. The SMILES string of the molecule is [2H]C([2H])([2H])Nc1ncc(-c2nc3ccc(OCC(F)F)cn3n2)c2cc(NC(=O)[C@H]3C[C@H]3C)nnc12. The summed E-state index contributed by atoms with van der Waals surface area (Å²) in [5, 5.41) is 18.0. The Bertz CT molecular complexity index is 1460. The number of rotatable bonds is 7. The van der Waals surface area contributed by atoms with Crippen LogP contribution in [0.4, 0.5) is 20.4 Å². The molecule has 0 aliphatic heterocycles. The number of fused-ring (bicyclic) bond motifs is 2. The average molecular weight is 457 g/mol. The van der Waals surface area contributed by atoms with Crippen molar-refractivity contribution in [2.24, 2.45) is 11.8 Å². The Morgan fingerprint density at radius 2 is 2.24 bits per heavy atom. The van der Waals surface area contributed by atoms with Crippen molar-refractivity contribution < 1.29 is 22.4 Å². The molecule has 1 aliphatic rings. The number of nitrogens with one attached hydrogen (secondary N) is 2. The molecule has 4 aromatic heterocycles. The summed E-state index contributed by atoms with van der Waals surface area (Å²) >= 11 is 0. The highest BCUT2D eigenvalue weighted by Gasteiger charge is 2.39. The standard InChI is InChI=1S/C21H20F2N8O2/c1-10-5-12(10)21(32)26-16-6-13-14(7-25-20(24-2)18(13)29-28-16)19-27-17-4-3-11(8-31(17)30-19)33-9-15(22)23/h3-4,6-8,10,12,15H,5,9H2,1-2H3,(H,24,25)(H,26,28,32)/t10-,12+/m1/s1/i2D3. The van der Waals surface area contributed by atoms with Crippen LogP contribution in [0.5, 0.6) is 5.75 Å². The first-order valence-electron chi connectivity index (χ1n) is 11.6. The van der Waals surface area contributed by atoms with E-state index in [4.69, 9.17) is 8.85 Å². The number of pyridine rings is 2. The number of hydrogen-bond donors (Lipinski definition) is 2. The Morgan fingerprint density at radius 3 is 3.00 bits per heavy atom. The van der Waals surface area contributed by atoms with Crippen molar-refractivity contribution in [3.8, 4) is 17.1 Å². The molecule has 4 heterocycles. The molecule has 0 saturated heterocycles. The molecule has 0 bridgehead atoms. The van der Waals surface area contributed by atoms with Gasteiger partial charge in [-0.15, -0.1) is 15.3 Å². The van der Waals surface area contributed by atoms with E-state index in [9.17, 15) is 13.6 Å². The number of amides is 1. The molecule has 0 unspecified atom stereocenters. The fraction of sp³-hybridized carbons (Fsp3) is 0.333. The number of carbonyl (C=O) groups is 1. The molecule has 0 spiro atoms. The lowest BCUT2D eigenvalue weighted by Crippen LogP contribution is -2.16. The smallest absolute Gasteiger partial charge is 0.272 e. The first-order chi connectivity index (χ1) is 17.1. The van der Waals surface area contributed by atoms with Crippen molar-refractivity contribution >= 4 is 34.1 Å². The lowest BCUT2D eigenvalue weighted by atomic mass is 10.1. The Balaban J connectivity index is 1.56. The number of ether oxygens (including phenoxy) is 1. The van der Waals surface area contributed by atoms with E-state index in [0.29, 0.717) is 22.5 Å². The molecular formula is C21H20F2N8O2. The average Bonchev–Trinajstić information content (AvgIpc) is 3.39. The minimum Gasteiger partial charge on any atom is -0.486 e. The van der Waals surface area contributed by atoms with Gasteiger partial charge in [0.15, 0.2) is 23.1 Å². The van der Waals surface area contributed by atoms with E-state index >= 15 is 0 Å². The van der Waals surface area contributed by atoms with E-state index < -0.39 is 20.0 Å². The van der Waals surface area contributed by atoms with Crippen LogP contribution in [-0.2, 0) is 4.79 Å². The minimum atomic E-state index is -2.62. The van der Waals surface area contributed by atoms with Crippen molar-refractivity contribution in [3.63, 3.8) is 0 Å². The van der Waals surface area contributed by atoms with Gasteiger partial charge in [0.2, 0.25) is 5.91 Å². The van der Waals surface area contributed by atoms with E-state index in [-0.39, 0.29) is 40.6 Å². The zero-order valence-corrected chi connectivity index (χ0v) is 17.3. The first kappa shape index (κ1) is 17.6. The second-order valence-electron chi connectivity index (χ2n) is 7.75. The van der Waals surface area contributed by atoms with Crippen LogP contribution in [0.15, 0.2) is 30.6 Å². The molecule has 1 fully saturated rings. The van der Waals surface area contributed by atoms with E-state index in [1.807, 2.05) is 6.92 Å². The van der Waals surface area contributed by atoms with Crippen LogP contribution in [0.2, 0.25) is 0 Å². The Hall–Kier alpha value is -3.96. The number of anilines is 2. The lowest BCUT2D eigenvalue weighted by molar-refractivity contribution is -0.117. The molecule has 5 rings (SSSR count). The Labute approximate surface area is 190 Å². The van der Waals surface area contributed by atoms with Gasteiger partial charge in [0.05, 0.1) is 6.20 Å². The number of halogens is 2. The highest BCUT2D eigenvalue weighted by molar-refractivity contribution is 6.01. The predicted octanol–water partition coefficient (Wildman–Crippen LogP) is 3.01. The number of nitrogens with zero attached hydrogens (tertiary/aromatic N) is 6. The zero-order chi connectivity index (χ0) is 25.6. The third kappa shape index (κ3) is 4.11. The van der Waals surface area contributed by atoms with E-state index in [2.05, 4.69) is 35.9 Å². The molecule has 0 aromatic carbocycles. The van der Waals surface area contributed by atoms with E-state index in [1.54, 1.807) is 12.1 Å². The van der Waals surface area contributed by atoms with E-state index in [1.165, 1.54) is 23.0 Å². The maximum absolute atomic E-state index is 12.5. The fourth-order valence-corrected chi connectivity index (χ4v) is 3.49. The minimum absolute atomic E-state index is 0.0265. The van der Waals surface area contributed by atoms with E-state index in [0.717, 1.165) is 6.42 Å². The van der Waals surface area contributed by atoms with Gasteiger partial charge in [0, 0.05) is 34.2 Å². The maximum Gasteiger partial charge on any atom is 0.272 e. The molecule has 2 atom stereocenters. The van der Waals surface area contributed by atoms with Crippen LogP contribution in [0.1, 0.15) is 17.5 Å². The third-order valence-electron chi connectivity index (χ3n) is 5.37.